The Hall–Kier alpha value is -1.50. The summed E-state index contributed by atoms with van der Waals surface area (Å²) >= 11 is 0. The van der Waals surface area contributed by atoms with Crippen molar-refractivity contribution in [2.45, 2.75) is 78.0 Å². The van der Waals surface area contributed by atoms with Gasteiger partial charge in [-0.2, -0.15) is 0 Å². The van der Waals surface area contributed by atoms with Crippen LogP contribution in [0.15, 0.2) is 0 Å². The second kappa shape index (κ2) is 9.44. The van der Waals surface area contributed by atoms with Gasteiger partial charge in [-0.05, 0) is 60.8 Å². The lowest BCUT2D eigenvalue weighted by atomic mass is 10.1. The number of hydrogen-bond acceptors (Lipinski definition) is 5. The molecule has 152 valence electrons. The van der Waals surface area contributed by atoms with Gasteiger partial charge in [-0.15, -0.1) is 0 Å². The quantitative estimate of drug-likeness (QED) is 0.689. The molecular weight excluding hydrogens is 336 g/mol. The molecule has 1 aliphatic rings. The van der Waals surface area contributed by atoms with Crippen LogP contribution >= 0.6 is 0 Å². The molecule has 26 heavy (non-hydrogen) atoms. The van der Waals surface area contributed by atoms with Crippen LogP contribution in [0.2, 0.25) is 0 Å². The Morgan fingerprint density at radius 1 is 0.923 bits per heavy atom. The second-order valence-electron chi connectivity index (χ2n) is 8.74. The lowest BCUT2D eigenvalue weighted by Crippen LogP contribution is -2.57. The molecule has 2 amide bonds. The van der Waals surface area contributed by atoms with Crippen molar-refractivity contribution < 1.29 is 23.8 Å². The first-order valence-electron chi connectivity index (χ1n) is 9.39. The maximum atomic E-state index is 12.6. The highest BCUT2D eigenvalue weighted by molar-refractivity contribution is 5.71. The molecule has 7 nitrogen and oxygen atoms in total. The van der Waals surface area contributed by atoms with Crippen molar-refractivity contribution in [3.05, 3.63) is 0 Å². The van der Waals surface area contributed by atoms with Gasteiger partial charge in [0.15, 0.2) is 0 Å². The van der Waals surface area contributed by atoms with Gasteiger partial charge in [0.1, 0.15) is 11.2 Å². The summed E-state index contributed by atoms with van der Waals surface area (Å²) in [5, 5.41) is 0. The van der Waals surface area contributed by atoms with Gasteiger partial charge in [0.25, 0.3) is 0 Å². The van der Waals surface area contributed by atoms with E-state index in [1.54, 1.807) is 16.9 Å². The van der Waals surface area contributed by atoms with Crippen LogP contribution in [0.25, 0.3) is 0 Å². The molecule has 0 aromatic heterocycles. The molecule has 1 aliphatic heterocycles. The first-order valence-corrected chi connectivity index (χ1v) is 9.39. The van der Waals surface area contributed by atoms with Gasteiger partial charge in [0.05, 0.1) is 6.04 Å². The van der Waals surface area contributed by atoms with E-state index in [2.05, 4.69) is 0 Å². The highest BCUT2D eigenvalue weighted by Crippen LogP contribution is 2.21. The average molecular weight is 373 g/mol. The summed E-state index contributed by atoms with van der Waals surface area (Å²) in [6, 6.07) is -0.0806. The summed E-state index contributed by atoms with van der Waals surface area (Å²) in [6.07, 6.45) is 1.98. The highest BCUT2D eigenvalue weighted by atomic mass is 16.6. The first-order chi connectivity index (χ1) is 11.9. The molecule has 0 radical (unpaired) electrons. The maximum absolute atomic E-state index is 12.6. The topological polar surface area (TPSA) is 68.3 Å². The van der Waals surface area contributed by atoms with E-state index in [0.717, 1.165) is 19.3 Å². The minimum absolute atomic E-state index is 0.0806. The Morgan fingerprint density at radius 2 is 1.50 bits per heavy atom. The van der Waals surface area contributed by atoms with E-state index in [9.17, 15) is 9.59 Å². The summed E-state index contributed by atoms with van der Waals surface area (Å²) in [7, 11) is 1.68. The van der Waals surface area contributed by atoms with E-state index in [4.69, 9.17) is 14.2 Å². The normalized spacial score (nSPS) is 18.7. The predicted octanol–water partition coefficient (Wildman–Crippen LogP) is 3.66. The van der Waals surface area contributed by atoms with Crippen molar-refractivity contribution in [3.63, 3.8) is 0 Å². The summed E-state index contributed by atoms with van der Waals surface area (Å²) in [6.45, 7) is 13.2. The van der Waals surface area contributed by atoms with Gasteiger partial charge in [-0.25, -0.2) is 9.59 Å². The van der Waals surface area contributed by atoms with E-state index < -0.39 is 11.2 Å². The molecule has 7 heteroatoms. The minimum atomic E-state index is -0.542. The molecule has 1 atom stereocenters. The van der Waals surface area contributed by atoms with Gasteiger partial charge in [-0.3, -0.25) is 0 Å². The number of ether oxygens (including phenoxy) is 3. The predicted molar refractivity (Wildman–Crippen MR) is 100 cm³/mol. The highest BCUT2D eigenvalue weighted by Gasteiger charge is 2.35. The molecule has 0 N–H and O–H groups in total. The van der Waals surface area contributed by atoms with Crippen molar-refractivity contribution >= 4 is 12.2 Å². The average Bonchev–Trinajstić information content (AvgIpc) is 2.48. The van der Waals surface area contributed by atoms with Crippen LogP contribution in [0.3, 0.4) is 0 Å². The number of amides is 2. The number of nitrogens with zero attached hydrogens (tertiary/aromatic N) is 2. The van der Waals surface area contributed by atoms with Gasteiger partial charge in [-0.1, -0.05) is 0 Å². The van der Waals surface area contributed by atoms with Crippen LogP contribution in [0.5, 0.6) is 0 Å². The van der Waals surface area contributed by atoms with E-state index in [-0.39, 0.29) is 18.2 Å². The van der Waals surface area contributed by atoms with Crippen LogP contribution < -0.4 is 0 Å². The number of carbonyl (C=O) groups is 2. The van der Waals surface area contributed by atoms with E-state index in [1.165, 1.54) is 0 Å². The van der Waals surface area contributed by atoms with Crippen molar-refractivity contribution in [1.29, 1.82) is 0 Å². The van der Waals surface area contributed by atoms with Gasteiger partial charge in [0, 0.05) is 33.4 Å². The zero-order valence-corrected chi connectivity index (χ0v) is 17.5. The van der Waals surface area contributed by atoms with Crippen LogP contribution in [0, 0.1) is 0 Å². The molecular formula is C19H36N2O5. The largest absolute Gasteiger partial charge is 0.444 e. The van der Waals surface area contributed by atoms with E-state index in [0.29, 0.717) is 26.2 Å². The van der Waals surface area contributed by atoms with Crippen LogP contribution in [0.4, 0.5) is 9.59 Å². The third-order valence-corrected chi connectivity index (χ3v) is 3.90. The number of methoxy groups -OCH3 is 1. The fourth-order valence-electron chi connectivity index (χ4n) is 2.78. The van der Waals surface area contributed by atoms with Crippen molar-refractivity contribution in [2.24, 2.45) is 0 Å². The number of piperazine rings is 1. The van der Waals surface area contributed by atoms with E-state index >= 15 is 0 Å². The SMILES string of the molecule is COCCCCC1CN(C(=O)OC(C)(C)C)CCN1C(=O)OC(C)(C)C. The van der Waals surface area contributed by atoms with Crippen LogP contribution in [-0.4, -0.2) is 72.6 Å². The fraction of sp³-hybridized carbons (Fsp3) is 0.895. The standard InChI is InChI=1S/C19H36N2O5/c1-18(2,3)25-16(22)20-11-12-21(17(23)26-19(4,5)6)15(14-20)10-8-9-13-24-7/h15H,8-14H2,1-7H3. The van der Waals surface area contributed by atoms with Crippen molar-refractivity contribution in [2.75, 3.05) is 33.4 Å². The number of carbonyl (C=O) groups excluding carboxylic acids is 2. The fourth-order valence-corrected chi connectivity index (χ4v) is 2.78. The molecule has 1 rings (SSSR count). The molecule has 1 unspecified atom stereocenters. The summed E-state index contributed by atoms with van der Waals surface area (Å²) in [4.78, 5) is 28.4. The molecule has 0 spiro atoms. The summed E-state index contributed by atoms with van der Waals surface area (Å²) < 4.78 is 16.1. The number of hydrogen-bond donors (Lipinski definition) is 0. The maximum Gasteiger partial charge on any atom is 0.410 e. The zero-order valence-electron chi connectivity index (χ0n) is 17.5. The lowest BCUT2D eigenvalue weighted by molar-refractivity contribution is -0.0162. The Kier molecular flexibility index (Phi) is 8.18. The monoisotopic (exact) mass is 372 g/mol. The number of rotatable bonds is 5. The Balaban J connectivity index is 2.76. The Bertz CT molecular complexity index is 468. The smallest absolute Gasteiger partial charge is 0.410 e. The molecule has 0 aromatic rings. The molecule has 1 saturated heterocycles. The molecule has 0 aliphatic carbocycles. The van der Waals surface area contributed by atoms with Gasteiger partial charge < -0.3 is 24.0 Å². The van der Waals surface area contributed by atoms with Gasteiger partial charge >= 0.3 is 12.2 Å². The number of unbranched alkanes of at least 4 members (excludes halogenated alkanes) is 1. The molecule has 0 aromatic carbocycles. The summed E-state index contributed by atoms with van der Waals surface area (Å²) in [5.74, 6) is 0. The van der Waals surface area contributed by atoms with Crippen LogP contribution in [-0.2, 0) is 14.2 Å². The summed E-state index contributed by atoms with van der Waals surface area (Å²) in [5.41, 5.74) is -1.08. The third kappa shape index (κ3) is 8.25. The lowest BCUT2D eigenvalue weighted by Gasteiger charge is -2.42. The molecule has 1 fully saturated rings. The van der Waals surface area contributed by atoms with Gasteiger partial charge in [0.2, 0.25) is 0 Å². The Morgan fingerprint density at radius 3 is 2.04 bits per heavy atom. The van der Waals surface area contributed by atoms with E-state index in [1.807, 2.05) is 41.5 Å². The van der Waals surface area contributed by atoms with Crippen molar-refractivity contribution in [1.82, 2.24) is 9.80 Å². The zero-order chi connectivity index (χ0) is 20.0. The Labute approximate surface area is 157 Å². The van der Waals surface area contributed by atoms with Crippen LogP contribution in [0.1, 0.15) is 60.8 Å². The van der Waals surface area contributed by atoms with Crippen molar-refractivity contribution in [3.8, 4) is 0 Å². The second-order valence-corrected chi connectivity index (χ2v) is 8.74. The molecule has 1 heterocycles. The first kappa shape index (κ1) is 22.5. The minimum Gasteiger partial charge on any atom is -0.444 e. The third-order valence-electron chi connectivity index (χ3n) is 3.90. The molecule has 0 bridgehead atoms. The molecule has 0 saturated carbocycles.